The van der Waals surface area contributed by atoms with E-state index in [1.165, 1.54) is 4.90 Å². The molecule has 3 N–H and O–H groups in total. The quantitative estimate of drug-likeness (QED) is 0.684. The van der Waals surface area contributed by atoms with Gasteiger partial charge in [-0.25, -0.2) is 13.6 Å². The van der Waals surface area contributed by atoms with Crippen LogP contribution in [0.3, 0.4) is 0 Å². The lowest BCUT2D eigenvalue weighted by atomic mass is 10.0. The van der Waals surface area contributed by atoms with E-state index in [0.29, 0.717) is 12.3 Å². The van der Waals surface area contributed by atoms with E-state index in [2.05, 4.69) is 0 Å². The van der Waals surface area contributed by atoms with Crippen molar-refractivity contribution in [2.24, 2.45) is 11.1 Å². The van der Waals surface area contributed by atoms with Gasteiger partial charge in [-0.15, -0.1) is 0 Å². The van der Waals surface area contributed by atoms with Crippen molar-refractivity contribution in [1.82, 2.24) is 4.90 Å². The summed E-state index contributed by atoms with van der Waals surface area (Å²) < 4.78 is 22.4. The highest BCUT2D eigenvalue weighted by atomic mass is 32.2. The summed E-state index contributed by atoms with van der Waals surface area (Å²) in [6.07, 6.45) is 0.576. The number of aliphatic hydroxyl groups is 1. The zero-order valence-electron chi connectivity index (χ0n) is 10.2. The van der Waals surface area contributed by atoms with Gasteiger partial charge in [0.05, 0.1) is 12.6 Å². The Bertz CT molecular complexity index is 380. The third kappa shape index (κ3) is 3.65. The summed E-state index contributed by atoms with van der Waals surface area (Å²) in [5.74, 6) is 0.0807. The Morgan fingerprint density at radius 3 is 2.47 bits per heavy atom. The fourth-order valence-corrected chi connectivity index (χ4v) is 2.86. The highest BCUT2D eigenvalue weighted by Crippen LogP contribution is 2.22. The van der Waals surface area contributed by atoms with E-state index in [0.717, 1.165) is 0 Å². The summed E-state index contributed by atoms with van der Waals surface area (Å²) in [7, 11) is -3.68. The number of primary sulfonamides is 1. The van der Waals surface area contributed by atoms with Gasteiger partial charge in [0.25, 0.3) is 0 Å². The molecule has 1 heterocycles. The lowest BCUT2D eigenvalue weighted by Gasteiger charge is -2.27. The molecule has 0 aromatic heterocycles. The van der Waals surface area contributed by atoms with Gasteiger partial charge in [-0.3, -0.25) is 4.79 Å². The van der Waals surface area contributed by atoms with Crippen LogP contribution in [0.1, 0.15) is 26.7 Å². The molecule has 17 heavy (non-hydrogen) atoms. The van der Waals surface area contributed by atoms with Crippen molar-refractivity contribution in [1.29, 1.82) is 0 Å². The largest absolute Gasteiger partial charge is 0.394 e. The molecular formula is C10H20N2O4S. The van der Waals surface area contributed by atoms with E-state index >= 15 is 0 Å². The number of nitrogens with two attached hydrogens (primary N) is 1. The zero-order valence-corrected chi connectivity index (χ0v) is 11.0. The number of aliphatic hydroxyl groups excluding tert-OH is 1. The van der Waals surface area contributed by atoms with Crippen molar-refractivity contribution in [2.45, 2.75) is 38.0 Å². The smallest absolute Gasteiger partial charge is 0.224 e. The third-order valence-electron chi connectivity index (χ3n) is 2.98. The first-order chi connectivity index (χ1) is 7.75. The van der Waals surface area contributed by atoms with E-state index < -0.39 is 15.3 Å². The van der Waals surface area contributed by atoms with Crippen LogP contribution in [0.5, 0.6) is 0 Å². The maximum Gasteiger partial charge on any atom is 0.224 e. The molecule has 1 unspecified atom stereocenters. The fourth-order valence-electron chi connectivity index (χ4n) is 2.12. The van der Waals surface area contributed by atoms with E-state index in [1.807, 2.05) is 13.8 Å². The molecule has 2 atom stereocenters. The SMILES string of the molecule is CC(C)C[C@@H](CO)N1CC(S(N)(=O)=O)CC1=O. The molecule has 0 spiro atoms. The Balaban J connectivity index is 2.75. The number of carbonyl (C=O) groups is 1. The average molecular weight is 264 g/mol. The monoisotopic (exact) mass is 264 g/mol. The Labute approximate surface area is 102 Å². The molecule has 1 saturated heterocycles. The second kappa shape index (κ2) is 5.32. The van der Waals surface area contributed by atoms with Crippen molar-refractivity contribution in [3.05, 3.63) is 0 Å². The number of hydrogen-bond acceptors (Lipinski definition) is 4. The molecule has 0 bridgehead atoms. The topological polar surface area (TPSA) is 101 Å². The predicted octanol–water partition coefficient (Wildman–Crippen LogP) is -0.717. The second-order valence-corrected chi connectivity index (χ2v) is 6.77. The van der Waals surface area contributed by atoms with Crippen LogP contribution >= 0.6 is 0 Å². The van der Waals surface area contributed by atoms with Crippen molar-refractivity contribution >= 4 is 15.9 Å². The highest BCUT2D eigenvalue weighted by molar-refractivity contribution is 7.89. The number of hydrogen-bond donors (Lipinski definition) is 2. The number of nitrogens with zero attached hydrogens (tertiary/aromatic N) is 1. The maximum atomic E-state index is 11.7. The first-order valence-corrected chi connectivity index (χ1v) is 7.28. The summed E-state index contributed by atoms with van der Waals surface area (Å²) in [5, 5.41) is 13.5. The van der Waals surface area contributed by atoms with Crippen LogP contribution in [0.2, 0.25) is 0 Å². The lowest BCUT2D eigenvalue weighted by Crippen LogP contribution is -2.41. The summed E-state index contributed by atoms with van der Waals surface area (Å²) in [4.78, 5) is 13.1. The number of likely N-dealkylation sites (tertiary alicyclic amines) is 1. The summed E-state index contributed by atoms with van der Waals surface area (Å²) >= 11 is 0. The van der Waals surface area contributed by atoms with Crippen LogP contribution in [0.4, 0.5) is 0 Å². The van der Waals surface area contributed by atoms with Crippen molar-refractivity contribution in [2.75, 3.05) is 13.2 Å². The molecule has 0 saturated carbocycles. The van der Waals surface area contributed by atoms with Crippen LogP contribution in [-0.2, 0) is 14.8 Å². The zero-order chi connectivity index (χ0) is 13.2. The minimum atomic E-state index is -3.68. The number of carbonyl (C=O) groups excluding carboxylic acids is 1. The Kier molecular flexibility index (Phi) is 4.51. The van der Waals surface area contributed by atoms with E-state index in [1.54, 1.807) is 0 Å². The summed E-state index contributed by atoms with van der Waals surface area (Å²) in [5.41, 5.74) is 0. The maximum absolute atomic E-state index is 11.7. The molecule has 0 aromatic carbocycles. The van der Waals surface area contributed by atoms with Crippen LogP contribution in [0, 0.1) is 5.92 Å². The van der Waals surface area contributed by atoms with E-state index in [9.17, 15) is 18.3 Å². The first kappa shape index (κ1) is 14.4. The molecule has 0 aromatic rings. The molecule has 1 rings (SSSR count). The minimum Gasteiger partial charge on any atom is -0.394 e. The molecule has 1 aliphatic rings. The average Bonchev–Trinajstić information content (AvgIpc) is 2.56. The number of sulfonamides is 1. The van der Waals surface area contributed by atoms with Crippen LogP contribution in [0.25, 0.3) is 0 Å². The molecular weight excluding hydrogens is 244 g/mol. The van der Waals surface area contributed by atoms with E-state index in [4.69, 9.17) is 5.14 Å². The van der Waals surface area contributed by atoms with Gasteiger partial charge in [-0.2, -0.15) is 0 Å². The van der Waals surface area contributed by atoms with Gasteiger partial charge in [0.15, 0.2) is 0 Å². The standard InChI is InChI=1S/C10H20N2O4S/c1-7(2)3-8(6-13)12-5-9(4-10(12)14)17(11,15)16/h7-9,13H,3-6H2,1-2H3,(H2,11,15,16)/t8-,9?/m0/s1. The molecule has 100 valence electrons. The Morgan fingerprint density at radius 1 is 1.53 bits per heavy atom. The number of rotatable bonds is 5. The molecule has 0 radical (unpaired) electrons. The molecule has 7 heteroatoms. The van der Waals surface area contributed by atoms with Crippen molar-refractivity contribution < 1.29 is 18.3 Å². The van der Waals surface area contributed by atoms with Crippen LogP contribution in [0.15, 0.2) is 0 Å². The fraction of sp³-hybridized carbons (Fsp3) is 0.900. The normalized spacial score (nSPS) is 23.5. The van der Waals surface area contributed by atoms with Gasteiger partial charge in [-0.1, -0.05) is 13.8 Å². The van der Waals surface area contributed by atoms with Crippen molar-refractivity contribution in [3.8, 4) is 0 Å². The molecule has 1 fully saturated rings. The van der Waals surface area contributed by atoms with Gasteiger partial charge < -0.3 is 10.0 Å². The van der Waals surface area contributed by atoms with Gasteiger partial charge in [0, 0.05) is 13.0 Å². The molecule has 0 aliphatic carbocycles. The highest BCUT2D eigenvalue weighted by Gasteiger charge is 2.39. The minimum absolute atomic E-state index is 0.0760. The second-order valence-electron chi connectivity index (χ2n) is 4.93. The third-order valence-corrected chi connectivity index (χ3v) is 4.23. The predicted molar refractivity (Wildman–Crippen MR) is 63.6 cm³/mol. The first-order valence-electron chi connectivity index (χ1n) is 5.67. The Hall–Kier alpha value is -0.660. The Morgan fingerprint density at radius 2 is 2.12 bits per heavy atom. The van der Waals surface area contributed by atoms with Gasteiger partial charge in [0.1, 0.15) is 5.25 Å². The number of amides is 1. The lowest BCUT2D eigenvalue weighted by molar-refractivity contribution is -0.130. The van der Waals surface area contributed by atoms with E-state index in [-0.39, 0.29) is 31.5 Å². The summed E-state index contributed by atoms with van der Waals surface area (Å²) in [6, 6.07) is -0.311. The summed E-state index contributed by atoms with van der Waals surface area (Å²) in [6.45, 7) is 3.91. The molecule has 1 aliphatic heterocycles. The van der Waals surface area contributed by atoms with Crippen molar-refractivity contribution in [3.63, 3.8) is 0 Å². The van der Waals surface area contributed by atoms with Crippen LogP contribution < -0.4 is 5.14 Å². The molecule has 6 nitrogen and oxygen atoms in total. The molecule has 1 amide bonds. The van der Waals surface area contributed by atoms with Crippen LogP contribution in [-0.4, -0.2) is 48.8 Å². The van der Waals surface area contributed by atoms with Gasteiger partial charge in [0.2, 0.25) is 15.9 Å². The van der Waals surface area contributed by atoms with Gasteiger partial charge >= 0.3 is 0 Å². The van der Waals surface area contributed by atoms with Gasteiger partial charge in [-0.05, 0) is 12.3 Å².